The van der Waals surface area contributed by atoms with Crippen LogP contribution in [0.2, 0.25) is 0 Å². The van der Waals surface area contributed by atoms with Crippen molar-refractivity contribution in [3.8, 4) is 0 Å². The minimum absolute atomic E-state index is 0.550. The van der Waals surface area contributed by atoms with Crippen LogP contribution in [0.25, 0.3) is 0 Å². The molecule has 0 radical (unpaired) electrons. The molecule has 2 unspecified atom stereocenters. The first-order chi connectivity index (χ1) is 5.45. The molecule has 0 aromatic rings. The van der Waals surface area contributed by atoms with Crippen LogP contribution in [-0.2, 0) is 4.74 Å². The molecule has 2 aliphatic heterocycles. The fraction of sp³-hybridized carbons (Fsp3) is 0.800. The smallest absolute Gasteiger partial charge is 0.0614 e. The lowest BCUT2D eigenvalue weighted by atomic mass is 10.1. The van der Waals surface area contributed by atoms with Crippen molar-refractivity contribution in [2.75, 3.05) is 0 Å². The Bertz CT molecular complexity index is 151. The van der Waals surface area contributed by atoms with Crippen molar-refractivity contribution in [1.82, 2.24) is 0 Å². The number of fused-ring (bicyclic) bond motifs is 2. The highest BCUT2D eigenvalue weighted by molar-refractivity contribution is 4.89. The zero-order valence-electron chi connectivity index (χ0n) is 6.96. The average Bonchev–Trinajstić information content (AvgIpc) is 2.49. The van der Waals surface area contributed by atoms with E-state index in [0.29, 0.717) is 12.2 Å². The van der Waals surface area contributed by atoms with E-state index in [1.165, 1.54) is 32.1 Å². The molecule has 0 aliphatic carbocycles. The lowest BCUT2D eigenvalue weighted by molar-refractivity contribution is 0.0426. The van der Waals surface area contributed by atoms with Gasteiger partial charge in [-0.2, -0.15) is 0 Å². The minimum atomic E-state index is 0.550. The summed E-state index contributed by atoms with van der Waals surface area (Å²) in [7, 11) is 0. The maximum absolute atomic E-state index is 5.83. The van der Waals surface area contributed by atoms with E-state index in [4.69, 9.17) is 4.74 Å². The van der Waals surface area contributed by atoms with Crippen LogP contribution in [0.5, 0.6) is 0 Å². The third-order valence-electron chi connectivity index (χ3n) is 2.66. The molecule has 2 heterocycles. The Kier molecular flexibility index (Phi) is 2.27. The van der Waals surface area contributed by atoms with E-state index in [1.54, 1.807) is 0 Å². The van der Waals surface area contributed by atoms with E-state index in [9.17, 15) is 0 Å². The highest BCUT2D eigenvalue weighted by Crippen LogP contribution is 2.27. The Morgan fingerprint density at radius 1 is 1.00 bits per heavy atom. The van der Waals surface area contributed by atoms with Gasteiger partial charge in [0, 0.05) is 0 Å². The summed E-state index contributed by atoms with van der Waals surface area (Å²) in [5, 5.41) is 0. The molecular formula is C10H16O. The second kappa shape index (κ2) is 3.40. The van der Waals surface area contributed by atoms with Gasteiger partial charge in [-0.05, 0) is 38.5 Å². The van der Waals surface area contributed by atoms with Crippen LogP contribution in [0.3, 0.4) is 0 Å². The second-order valence-electron chi connectivity index (χ2n) is 3.60. The number of hydrogen-bond donors (Lipinski definition) is 0. The van der Waals surface area contributed by atoms with E-state index in [2.05, 4.69) is 12.2 Å². The average molecular weight is 152 g/mol. The number of hydrogen-bond acceptors (Lipinski definition) is 1. The molecule has 1 saturated heterocycles. The minimum Gasteiger partial charge on any atom is -0.375 e. The molecule has 1 fully saturated rings. The van der Waals surface area contributed by atoms with Crippen molar-refractivity contribution in [2.24, 2.45) is 0 Å². The fourth-order valence-corrected chi connectivity index (χ4v) is 2.00. The summed E-state index contributed by atoms with van der Waals surface area (Å²) in [6.07, 6.45) is 13.3. The maximum atomic E-state index is 5.83. The summed E-state index contributed by atoms with van der Waals surface area (Å²) >= 11 is 0. The maximum Gasteiger partial charge on any atom is 0.0614 e. The molecule has 0 aromatic carbocycles. The molecule has 0 N–H and O–H groups in total. The summed E-state index contributed by atoms with van der Waals surface area (Å²) in [5.74, 6) is 0. The van der Waals surface area contributed by atoms with Crippen molar-refractivity contribution >= 4 is 0 Å². The molecule has 0 spiro atoms. The van der Waals surface area contributed by atoms with Crippen LogP contribution in [0, 0.1) is 0 Å². The molecule has 62 valence electrons. The normalized spacial score (nSPS) is 37.8. The zero-order valence-corrected chi connectivity index (χ0v) is 6.96. The van der Waals surface area contributed by atoms with Crippen LogP contribution in [0.4, 0.5) is 0 Å². The van der Waals surface area contributed by atoms with Crippen molar-refractivity contribution in [1.29, 1.82) is 0 Å². The molecule has 0 amide bonds. The van der Waals surface area contributed by atoms with Gasteiger partial charge >= 0.3 is 0 Å². The second-order valence-corrected chi connectivity index (χ2v) is 3.60. The van der Waals surface area contributed by atoms with Gasteiger partial charge in [-0.25, -0.2) is 0 Å². The molecule has 2 atom stereocenters. The molecule has 2 aliphatic rings. The predicted molar refractivity (Wildman–Crippen MR) is 45.5 cm³/mol. The van der Waals surface area contributed by atoms with Crippen LogP contribution < -0.4 is 0 Å². The molecule has 2 rings (SSSR count). The Hall–Kier alpha value is -0.300. The van der Waals surface area contributed by atoms with E-state index in [0.717, 1.165) is 6.42 Å². The van der Waals surface area contributed by atoms with E-state index >= 15 is 0 Å². The SMILES string of the molecule is C1=CCC2CCC(CCC1)O2. The summed E-state index contributed by atoms with van der Waals surface area (Å²) < 4.78 is 5.83. The third kappa shape index (κ3) is 1.84. The molecule has 2 bridgehead atoms. The first kappa shape index (κ1) is 7.35. The van der Waals surface area contributed by atoms with Crippen molar-refractivity contribution in [3.63, 3.8) is 0 Å². The van der Waals surface area contributed by atoms with Gasteiger partial charge in [0.05, 0.1) is 12.2 Å². The van der Waals surface area contributed by atoms with Crippen molar-refractivity contribution in [3.05, 3.63) is 12.2 Å². The summed E-state index contributed by atoms with van der Waals surface area (Å²) in [6.45, 7) is 0. The quantitative estimate of drug-likeness (QED) is 0.485. The van der Waals surface area contributed by atoms with Crippen molar-refractivity contribution < 1.29 is 4.74 Å². The van der Waals surface area contributed by atoms with Gasteiger partial charge in [0.15, 0.2) is 0 Å². The largest absolute Gasteiger partial charge is 0.375 e. The number of allylic oxidation sites excluding steroid dienone is 1. The fourth-order valence-electron chi connectivity index (χ4n) is 2.00. The Labute approximate surface area is 68.4 Å². The van der Waals surface area contributed by atoms with Crippen molar-refractivity contribution in [2.45, 2.75) is 50.7 Å². The molecule has 11 heavy (non-hydrogen) atoms. The highest BCUT2D eigenvalue weighted by Gasteiger charge is 2.23. The third-order valence-corrected chi connectivity index (χ3v) is 2.66. The van der Waals surface area contributed by atoms with Gasteiger partial charge in [0.2, 0.25) is 0 Å². The summed E-state index contributed by atoms with van der Waals surface area (Å²) in [5.41, 5.74) is 0. The molecular weight excluding hydrogens is 136 g/mol. The Morgan fingerprint density at radius 3 is 2.91 bits per heavy atom. The van der Waals surface area contributed by atoms with Crippen LogP contribution in [0.15, 0.2) is 12.2 Å². The lowest BCUT2D eigenvalue weighted by Gasteiger charge is -2.09. The molecule has 1 nitrogen and oxygen atoms in total. The van der Waals surface area contributed by atoms with Crippen LogP contribution >= 0.6 is 0 Å². The van der Waals surface area contributed by atoms with E-state index in [-0.39, 0.29) is 0 Å². The number of rotatable bonds is 0. The highest BCUT2D eigenvalue weighted by atomic mass is 16.5. The predicted octanol–water partition coefficient (Wildman–Crippen LogP) is 2.66. The monoisotopic (exact) mass is 152 g/mol. The lowest BCUT2D eigenvalue weighted by Crippen LogP contribution is -2.09. The molecule has 1 heteroatoms. The molecule has 0 aromatic heterocycles. The molecule has 0 saturated carbocycles. The van der Waals surface area contributed by atoms with Gasteiger partial charge in [-0.3, -0.25) is 0 Å². The number of ether oxygens (including phenoxy) is 1. The van der Waals surface area contributed by atoms with Gasteiger partial charge in [0.1, 0.15) is 0 Å². The Balaban J connectivity index is 1.96. The Morgan fingerprint density at radius 2 is 1.91 bits per heavy atom. The zero-order chi connectivity index (χ0) is 7.52. The first-order valence-electron chi connectivity index (χ1n) is 4.75. The van der Waals surface area contributed by atoms with E-state index < -0.39 is 0 Å². The van der Waals surface area contributed by atoms with E-state index in [1.807, 2.05) is 0 Å². The van der Waals surface area contributed by atoms with Gasteiger partial charge in [-0.15, -0.1) is 0 Å². The van der Waals surface area contributed by atoms with Crippen LogP contribution in [0.1, 0.15) is 38.5 Å². The topological polar surface area (TPSA) is 9.23 Å². The summed E-state index contributed by atoms with van der Waals surface area (Å²) in [6, 6.07) is 0. The van der Waals surface area contributed by atoms with Crippen LogP contribution in [-0.4, -0.2) is 12.2 Å². The standard InChI is InChI=1S/C10H16O/c1-2-4-6-10-8-7-9(11-10)5-3-1/h1,3,9-10H,2,4-8H2. The van der Waals surface area contributed by atoms with Gasteiger partial charge in [-0.1, -0.05) is 12.2 Å². The summed E-state index contributed by atoms with van der Waals surface area (Å²) in [4.78, 5) is 0. The van der Waals surface area contributed by atoms with Gasteiger partial charge < -0.3 is 4.74 Å². The first-order valence-corrected chi connectivity index (χ1v) is 4.75. The van der Waals surface area contributed by atoms with Gasteiger partial charge in [0.25, 0.3) is 0 Å².